The molecular formula is C76H75F3N15NaO9. The molecule has 6 saturated heterocycles. The number of halogens is 3. The number of fused-ring (bicyclic) bond motifs is 12. The number of para-hydroxylation sites is 3. The molecule has 0 aliphatic carbocycles. The van der Waals surface area contributed by atoms with Crippen LogP contribution in [0.4, 0.5) is 13.2 Å². The molecule has 104 heavy (non-hydrogen) atoms. The van der Waals surface area contributed by atoms with Crippen LogP contribution < -0.4 is 49.1 Å². The SMILES string of the molecule is CO.O=C(N1C2CCC1CC(C1c3ccccc3Oc3cc(-c4nn[nH]n4)ccc31)C2)C(F)(F)F.O=Cc1ccoc1.[Na+].[OH-].c1ccc2c(c1)Oc1cc(-c3nn[nH]n3)ccc1C2C1CC2CCC(C1)N2.c1ccc2c(c1)Oc1cc(-c3nn[nH]n3)ccc1C2C1CC2CCC(C1)N2Cc1ccoc1. The van der Waals surface area contributed by atoms with Gasteiger partial charge in [-0.05, 0) is 159 Å². The molecule has 0 saturated carbocycles. The van der Waals surface area contributed by atoms with Crippen LogP contribution in [0.5, 0.6) is 34.5 Å². The number of furan rings is 2. The van der Waals surface area contributed by atoms with Gasteiger partial charge in [0.05, 0.1) is 24.4 Å². The largest absolute Gasteiger partial charge is 1.00 e. The maximum atomic E-state index is 13.2. The molecule has 0 radical (unpaired) electrons. The average molecular weight is 1420 g/mol. The summed E-state index contributed by atoms with van der Waals surface area (Å²) in [5.74, 6) is 7.14. The van der Waals surface area contributed by atoms with Crippen molar-refractivity contribution in [1.82, 2.24) is 77.0 Å². The first-order valence-corrected chi connectivity index (χ1v) is 34.8. The molecule has 9 unspecified atom stereocenters. The molecule has 20 rings (SSSR count). The van der Waals surface area contributed by atoms with Gasteiger partial charge in [0.1, 0.15) is 40.8 Å². The number of carbonyl (C=O) groups excluding carboxylic acids is 2. The van der Waals surface area contributed by atoms with E-state index in [1.807, 2.05) is 48.7 Å². The Balaban J connectivity index is 0.000000123. The molecule has 9 aliphatic heterocycles. The number of aldehydes is 1. The molecule has 11 aromatic rings. The van der Waals surface area contributed by atoms with Crippen LogP contribution in [-0.2, 0) is 11.3 Å². The van der Waals surface area contributed by atoms with Gasteiger partial charge in [-0.3, -0.25) is 14.5 Å². The zero-order chi connectivity index (χ0) is 69.4. The zero-order valence-corrected chi connectivity index (χ0v) is 59.1. The van der Waals surface area contributed by atoms with E-state index < -0.39 is 12.1 Å². The summed E-state index contributed by atoms with van der Waals surface area (Å²) in [6.07, 6.45) is 14.8. The second-order valence-corrected chi connectivity index (χ2v) is 27.6. The van der Waals surface area contributed by atoms with Gasteiger partial charge in [-0.25, -0.2) is 0 Å². The van der Waals surface area contributed by atoms with Crippen LogP contribution in [0.25, 0.3) is 34.2 Å². The number of aromatic amines is 3. The number of nitrogens with one attached hydrogen (secondary N) is 4. The van der Waals surface area contributed by atoms with Crippen molar-refractivity contribution in [3.63, 3.8) is 0 Å². The number of benzene rings is 6. The fraction of sp³-hybridized carbons (Fsp3) is 0.355. The number of hydrogen-bond acceptors (Lipinski definition) is 20. The van der Waals surface area contributed by atoms with Crippen molar-refractivity contribution in [3.05, 3.63) is 209 Å². The van der Waals surface area contributed by atoms with Crippen molar-refractivity contribution in [2.75, 3.05) is 7.11 Å². The number of ether oxygens (including phenoxy) is 3. The Morgan fingerprint density at radius 2 is 0.885 bits per heavy atom. The number of aliphatic hydroxyl groups excluding tert-OH is 1. The fourth-order valence-electron chi connectivity index (χ4n) is 17.9. The Morgan fingerprint density at radius 3 is 1.25 bits per heavy atom. The van der Waals surface area contributed by atoms with Crippen LogP contribution in [0.1, 0.15) is 144 Å². The van der Waals surface area contributed by atoms with Crippen LogP contribution in [-0.4, -0.2) is 144 Å². The summed E-state index contributed by atoms with van der Waals surface area (Å²) >= 11 is 0. The number of alkyl halides is 3. The first-order chi connectivity index (χ1) is 50.0. The van der Waals surface area contributed by atoms with Crippen LogP contribution in [0.3, 0.4) is 0 Å². The number of nitrogens with zero attached hydrogens (tertiary/aromatic N) is 11. The molecule has 6 bridgehead atoms. The molecule has 530 valence electrons. The average Bonchev–Trinajstić information content (AvgIpc) is 0.860. The first-order valence-electron chi connectivity index (χ1n) is 34.8. The Hall–Kier alpha value is -9.74. The Kier molecular flexibility index (Phi) is 21.2. The molecule has 9 aliphatic rings. The normalized spacial score (nSPS) is 24.4. The van der Waals surface area contributed by atoms with Crippen molar-refractivity contribution in [2.24, 2.45) is 17.8 Å². The molecule has 14 heterocycles. The summed E-state index contributed by atoms with van der Waals surface area (Å²) in [6.45, 7) is 0.994. The van der Waals surface area contributed by atoms with Gasteiger partial charge < -0.3 is 43.8 Å². The van der Waals surface area contributed by atoms with Crippen LogP contribution in [0.15, 0.2) is 173 Å². The second-order valence-electron chi connectivity index (χ2n) is 27.6. The first kappa shape index (κ1) is 71.3. The second kappa shape index (κ2) is 30.9. The van der Waals surface area contributed by atoms with E-state index >= 15 is 0 Å². The third-order valence-corrected chi connectivity index (χ3v) is 22.0. The zero-order valence-electron chi connectivity index (χ0n) is 57.1. The summed E-state index contributed by atoms with van der Waals surface area (Å²) in [5, 5.41) is 53.8. The summed E-state index contributed by atoms with van der Waals surface area (Å²) in [7, 11) is 1.00. The Labute approximate surface area is 617 Å². The predicted octanol–water partition coefficient (Wildman–Crippen LogP) is 10.7. The number of amides is 1. The molecule has 0 spiro atoms. The number of tetrazole rings is 3. The molecule has 1 amide bonds. The van der Waals surface area contributed by atoms with E-state index in [4.69, 9.17) is 23.7 Å². The van der Waals surface area contributed by atoms with E-state index in [0.717, 1.165) is 81.4 Å². The number of H-pyrrole nitrogens is 3. The van der Waals surface area contributed by atoms with Gasteiger partial charge in [-0.15, -0.1) is 30.6 Å². The number of aromatic nitrogens is 12. The van der Waals surface area contributed by atoms with E-state index in [9.17, 15) is 22.8 Å². The summed E-state index contributed by atoms with van der Waals surface area (Å²) in [5.41, 5.74) is 11.7. The van der Waals surface area contributed by atoms with Crippen molar-refractivity contribution < 1.29 is 85.9 Å². The number of rotatable bonds is 9. The summed E-state index contributed by atoms with van der Waals surface area (Å²) < 4.78 is 68.4. The molecular weight excluding hydrogens is 1350 g/mol. The van der Waals surface area contributed by atoms with Crippen LogP contribution in [0, 0.1) is 17.8 Å². The third kappa shape index (κ3) is 14.2. The topological polar surface area (TPSA) is 320 Å². The Bertz CT molecular complexity index is 4670. The Morgan fingerprint density at radius 1 is 0.500 bits per heavy atom. The van der Waals surface area contributed by atoms with Gasteiger partial charge in [-0.2, -0.15) is 28.8 Å². The minimum absolute atomic E-state index is 0. The minimum atomic E-state index is -4.84. The van der Waals surface area contributed by atoms with E-state index in [-0.39, 0.29) is 59.0 Å². The quantitative estimate of drug-likeness (QED) is 0.0662. The predicted molar refractivity (Wildman–Crippen MR) is 367 cm³/mol. The smallest absolute Gasteiger partial charge is 0.870 e. The summed E-state index contributed by atoms with van der Waals surface area (Å²) in [6, 6.07) is 48.8. The molecule has 6 fully saturated rings. The van der Waals surface area contributed by atoms with Gasteiger partial charge in [0.2, 0.25) is 17.5 Å². The molecule has 9 atom stereocenters. The maximum absolute atomic E-state index is 13.2. The molecule has 6 N–H and O–H groups in total. The monoisotopic (exact) mass is 1420 g/mol. The van der Waals surface area contributed by atoms with Crippen LogP contribution >= 0.6 is 0 Å². The van der Waals surface area contributed by atoms with E-state index in [1.165, 1.54) is 91.7 Å². The number of piperidine rings is 3. The van der Waals surface area contributed by atoms with Gasteiger partial charge in [0, 0.05) is 123 Å². The number of hydrogen-bond donors (Lipinski definition) is 5. The van der Waals surface area contributed by atoms with Gasteiger partial charge in [0.15, 0.2) is 6.29 Å². The third-order valence-electron chi connectivity index (χ3n) is 22.0. The van der Waals surface area contributed by atoms with Crippen LogP contribution in [0.2, 0.25) is 0 Å². The van der Waals surface area contributed by atoms with Crippen molar-refractivity contribution in [2.45, 2.75) is 144 Å². The molecule has 24 nitrogen and oxygen atoms in total. The van der Waals surface area contributed by atoms with Crippen molar-refractivity contribution in [3.8, 4) is 68.7 Å². The van der Waals surface area contributed by atoms with E-state index in [1.54, 1.807) is 12.3 Å². The van der Waals surface area contributed by atoms with Gasteiger partial charge >= 0.3 is 41.6 Å². The van der Waals surface area contributed by atoms with E-state index in [0.29, 0.717) is 102 Å². The molecule has 6 aromatic carbocycles. The van der Waals surface area contributed by atoms with Gasteiger partial charge in [0.25, 0.3) is 0 Å². The van der Waals surface area contributed by atoms with Gasteiger partial charge in [-0.1, -0.05) is 91.0 Å². The fourth-order valence-corrected chi connectivity index (χ4v) is 17.9. The standard InChI is InChI=1S/C26H25N5O2.C23H20F3N5O2.C21H21N5O.C5H4O2.CH4O.Na.H2O/c1-2-4-23-21(3-1)25(22-8-5-17(13-24(22)33-23)26-27-29-30-28-26)18-11-19-6-7-20(12-18)31(19)14-16-9-10-32-15-16;24-23(25,26)22(32)31-14-6-7-15(31)10-13(9-14)20-16-3-1-2-4-18(16)33-19-11-12(5-8-17(19)20)21-27-29-30-28-21;1-2-4-18-16(3-1)20(13-9-14-6-7-15(10-13)22-14)17-8-5-12(11-19(17)27-18)21-23-25-26-24-21;6-3-5-1-2-7-4-5;1-2;;/h1-5,8-10,13,15,18-20,25H,6-7,11-12,14H2,(H,27,28,29,30);1-5,8,11,13-15,20H,6-7,9-10H2,(H,27,28,29,30);1-5,8,11,13-15,20,22H,6-7,9-10H2,(H,23,24,25,26);1-4H;2H,1H3;;1H2/q;;;;;+1;/p-1. The molecule has 28 heteroatoms. The molecule has 5 aromatic heterocycles. The number of aliphatic hydroxyl groups is 1. The summed E-state index contributed by atoms with van der Waals surface area (Å²) in [4.78, 5) is 25.7. The van der Waals surface area contributed by atoms with Crippen molar-refractivity contribution in [1.29, 1.82) is 0 Å². The number of carbonyl (C=O) groups is 2. The minimum Gasteiger partial charge on any atom is -0.870 e. The van der Waals surface area contributed by atoms with Crippen molar-refractivity contribution >= 4 is 12.2 Å². The maximum Gasteiger partial charge on any atom is 1.00 e. The van der Waals surface area contributed by atoms with E-state index in [2.05, 4.69) is 168 Å².